The van der Waals surface area contributed by atoms with Gasteiger partial charge in [0.05, 0.1) is 26.6 Å². The molecule has 0 spiro atoms. The first-order chi connectivity index (χ1) is 10.3. The maximum Gasteiger partial charge on any atom is 0.160 e. The van der Waals surface area contributed by atoms with Crippen LogP contribution in [0.1, 0.15) is 11.3 Å². The lowest BCUT2D eigenvalue weighted by Gasteiger charge is -2.10. The molecule has 2 aromatic rings. The molecule has 0 saturated carbocycles. The third-order valence-corrected chi connectivity index (χ3v) is 2.93. The van der Waals surface area contributed by atoms with Crippen LogP contribution in [0.5, 0.6) is 11.5 Å². The van der Waals surface area contributed by atoms with Gasteiger partial charge in [-0.15, -0.1) is 0 Å². The molecule has 1 aromatic heterocycles. The van der Waals surface area contributed by atoms with Crippen LogP contribution in [0.15, 0.2) is 30.6 Å². The van der Waals surface area contributed by atoms with E-state index in [0.29, 0.717) is 29.6 Å². The summed E-state index contributed by atoms with van der Waals surface area (Å²) in [7, 11) is 3.23. The number of hydrogen-bond acceptors (Lipinski definition) is 6. The molecule has 0 unspecified atom stereocenters. The minimum atomic E-state index is 0.306. The highest BCUT2D eigenvalue weighted by Gasteiger charge is 2.04. The SMILES string of the molecule is COc1ccc(CCNc2cnc(C#N)cn2)cc1OC. The van der Waals surface area contributed by atoms with Crippen molar-refractivity contribution in [2.24, 2.45) is 0 Å². The zero-order chi connectivity index (χ0) is 15.1. The quantitative estimate of drug-likeness (QED) is 0.874. The van der Waals surface area contributed by atoms with E-state index < -0.39 is 0 Å². The predicted molar refractivity (Wildman–Crippen MR) is 78.5 cm³/mol. The van der Waals surface area contributed by atoms with Gasteiger partial charge in [-0.1, -0.05) is 6.07 Å². The molecule has 0 amide bonds. The van der Waals surface area contributed by atoms with Gasteiger partial charge in [-0.2, -0.15) is 5.26 Å². The Balaban J connectivity index is 1.92. The topological polar surface area (TPSA) is 80.1 Å². The van der Waals surface area contributed by atoms with Gasteiger partial charge >= 0.3 is 0 Å². The number of rotatable bonds is 6. The minimum absolute atomic E-state index is 0.306. The number of methoxy groups -OCH3 is 2. The van der Waals surface area contributed by atoms with Crippen LogP contribution in [0, 0.1) is 11.3 Å². The third-order valence-electron chi connectivity index (χ3n) is 2.93. The molecule has 108 valence electrons. The lowest BCUT2D eigenvalue weighted by Crippen LogP contribution is -2.07. The molecular weight excluding hydrogens is 268 g/mol. The van der Waals surface area contributed by atoms with Gasteiger partial charge in [0, 0.05) is 6.54 Å². The summed E-state index contributed by atoms with van der Waals surface area (Å²) in [6, 6.07) is 7.76. The summed E-state index contributed by atoms with van der Waals surface area (Å²) in [5.41, 5.74) is 1.43. The van der Waals surface area contributed by atoms with E-state index in [2.05, 4.69) is 15.3 Å². The average Bonchev–Trinajstić information content (AvgIpc) is 2.55. The lowest BCUT2D eigenvalue weighted by molar-refractivity contribution is 0.354. The fourth-order valence-electron chi connectivity index (χ4n) is 1.85. The van der Waals surface area contributed by atoms with E-state index in [4.69, 9.17) is 14.7 Å². The smallest absolute Gasteiger partial charge is 0.160 e. The highest BCUT2D eigenvalue weighted by molar-refractivity contribution is 5.43. The Hall–Kier alpha value is -2.81. The maximum absolute atomic E-state index is 8.65. The molecule has 1 heterocycles. The molecule has 6 heteroatoms. The standard InChI is InChI=1S/C15H16N4O2/c1-20-13-4-3-11(7-14(13)21-2)5-6-17-15-10-18-12(8-16)9-19-15/h3-4,7,9-10H,5-6H2,1-2H3,(H,17,19). The molecule has 21 heavy (non-hydrogen) atoms. The van der Waals surface area contributed by atoms with Crippen LogP contribution in [0.4, 0.5) is 5.82 Å². The van der Waals surface area contributed by atoms with Crippen molar-refractivity contribution < 1.29 is 9.47 Å². The number of aromatic nitrogens is 2. The first-order valence-corrected chi connectivity index (χ1v) is 6.43. The summed E-state index contributed by atoms with van der Waals surface area (Å²) in [6.45, 7) is 0.704. The molecule has 0 aliphatic carbocycles. The zero-order valence-corrected chi connectivity index (χ0v) is 12.0. The van der Waals surface area contributed by atoms with Crippen LogP contribution in [0.3, 0.4) is 0 Å². The Morgan fingerprint density at radius 3 is 2.57 bits per heavy atom. The molecule has 6 nitrogen and oxygen atoms in total. The average molecular weight is 284 g/mol. The van der Waals surface area contributed by atoms with Crippen LogP contribution in [0.2, 0.25) is 0 Å². The Bertz CT molecular complexity index is 635. The number of nitrogens with zero attached hydrogens (tertiary/aromatic N) is 3. The van der Waals surface area contributed by atoms with E-state index in [1.54, 1.807) is 20.4 Å². The second-order valence-electron chi connectivity index (χ2n) is 4.26. The zero-order valence-electron chi connectivity index (χ0n) is 12.0. The molecule has 1 N–H and O–H groups in total. The third kappa shape index (κ3) is 3.83. The minimum Gasteiger partial charge on any atom is -0.493 e. The summed E-state index contributed by atoms with van der Waals surface area (Å²) >= 11 is 0. The van der Waals surface area contributed by atoms with Gasteiger partial charge < -0.3 is 14.8 Å². The van der Waals surface area contributed by atoms with E-state index in [9.17, 15) is 0 Å². The second kappa shape index (κ2) is 7.10. The highest BCUT2D eigenvalue weighted by Crippen LogP contribution is 2.27. The van der Waals surface area contributed by atoms with Crippen molar-refractivity contribution in [3.8, 4) is 17.6 Å². The number of anilines is 1. The molecule has 0 fully saturated rings. The number of benzene rings is 1. The van der Waals surface area contributed by atoms with Gasteiger partial charge in [0.2, 0.25) is 0 Å². The van der Waals surface area contributed by atoms with Crippen molar-refractivity contribution in [3.63, 3.8) is 0 Å². The molecule has 0 aliphatic heterocycles. The van der Waals surface area contributed by atoms with Gasteiger partial charge in [0.15, 0.2) is 17.2 Å². The van der Waals surface area contributed by atoms with Gasteiger partial charge in [0.1, 0.15) is 11.9 Å². The first kappa shape index (κ1) is 14.6. The Labute approximate surface area is 123 Å². The molecule has 2 rings (SSSR count). The van der Waals surface area contributed by atoms with E-state index in [-0.39, 0.29) is 0 Å². The van der Waals surface area contributed by atoms with E-state index in [1.807, 2.05) is 24.3 Å². The molecule has 0 saturated heterocycles. The normalized spacial score (nSPS) is 9.76. The number of ether oxygens (including phenoxy) is 2. The number of nitrogens with one attached hydrogen (secondary N) is 1. The van der Waals surface area contributed by atoms with Gasteiger partial charge in [0.25, 0.3) is 0 Å². The maximum atomic E-state index is 8.65. The van der Waals surface area contributed by atoms with Crippen molar-refractivity contribution in [3.05, 3.63) is 41.9 Å². The fraction of sp³-hybridized carbons (Fsp3) is 0.267. The molecule has 0 aliphatic rings. The molecule has 1 aromatic carbocycles. The van der Waals surface area contributed by atoms with E-state index in [0.717, 1.165) is 12.0 Å². The fourth-order valence-corrected chi connectivity index (χ4v) is 1.85. The van der Waals surface area contributed by atoms with Crippen LogP contribution >= 0.6 is 0 Å². The van der Waals surface area contributed by atoms with Crippen molar-refractivity contribution in [2.45, 2.75) is 6.42 Å². The lowest BCUT2D eigenvalue weighted by atomic mass is 10.1. The Morgan fingerprint density at radius 2 is 1.95 bits per heavy atom. The molecular formula is C15H16N4O2. The van der Waals surface area contributed by atoms with Gasteiger partial charge in [-0.25, -0.2) is 9.97 Å². The predicted octanol–water partition coefficient (Wildman–Crippen LogP) is 2.02. The molecule has 0 bridgehead atoms. The first-order valence-electron chi connectivity index (χ1n) is 6.43. The van der Waals surface area contributed by atoms with Crippen LogP contribution in [-0.4, -0.2) is 30.7 Å². The summed E-state index contributed by atoms with van der Waals surface area (Å²) in [4.78, 5) is 8.05. The largest absolute Gasteiger partial charge is 0.493 e. The summed E-state index contributed by atoms with van der Waals surface area (Å²) < 4.78 is 10.5. The van der Waals surface area contributed by atoms with Crippen molar-refractivity contribution in [1.29, 1.82) is 5.26 Å². The number of nitriles is 1. The van der Waals surface area contributed by atoms with Gasteiger partial charge in [-0.05, 0) is 24.1 Å². The van der Waals surface area contributed by atoms with Crippen molar-refractivity contribution in [2.75, 3.05) is 26.1 Å². The van der Waals surface area contributed by atoms with Crippen LogP contribution < -0.4 is 14.8 Å². The summed E-state index contributed by atoms with van der Waals surface area (Å²) in [5, 5.41) is 11.8. The highest BCUT2D eigenvalue weighted by atomic mass is 16.5. The van der Waals surface area contributed by atoms with E-state index in [1.165, 1.54) is 6.20 Å². The molecule has 0 atom stereocenters. The molecule has 0 radical (unpaired) electrons. The van der Waals surface area contributed by atoms with Crippen molar-refractivity contribution >= 4 is 5.82 Å². The summed E-state index contributed by atoms with van der Waals surface area (Å²) in [5.74, 6) is 2.08. The second-order valence-corrected chi connectivity index (χ2v) is 4.26. The van der Waals surface area contributed by atoms with Crippen LogP contribution in [-0.2, 0) is 6.42 Å². The van der Waals surface area contributed by atoms with Crippen LogP contribution in [0.25, 0.3) is 0 Å². The Kier molecular flexibility index (Phi) is 4.94. The number of hydrogen-bond donors (Lipinski definition) is 1. The Morgan fingerprint density at radius 1 is 1.14 bits per heavy atom. The van der Waals surface area contributed by atoms with E-state index >= 15 is 0 Å². The summed E-state index contributed by atoms with van der Waals surface area (Å²) in [6.07, 6.45) is 3.80. The van der Waals surface area contributed by atoms with Crippen molar-refractivity contribution in [1.82, 2.24) is 9.97 Å². The van der Waals surface area contributed by atoms with Gasteiger partial charge in [-0.3, -0.25) is 0 Å². The monoisotopic (exact) mass is 284 g/mol.